The minimum absolute atomic E-state index is 0.238. The molecule has 0 aliphatic carbocycles. The van der Waals surface area contributed by atoms with Gasteiger partial charge >= 0.3 is 5.97 Å². The molecule has 1 saturated heterocycles. The third-order valence-corrected chi connectivity index (χ3v) is 2.89. The van der Waals surface area contributed by atoms with Gasteiger partial charge in [-0.25, -0.2) is 0 Å². The van der Waals surface area contributed by atoms with E-state index < -0.39 is 17.9 Å². The third-order valence-electron chi connectivity index (χ3n) is 2.89. The summed E-state index contributed by atoms with van der Waals surface area (Å²) in [6.45, 7) is 0.476. The molecule has 1 atom stereocenters. The smallest absolute Gasteiger partial charge is 0.310 e. The van der Waals surface area contributed by atoms with Crippen molar-refractivity contribution in [2.75, 3.05) is 13.1 Å². The first-order valence-electron chi connectivity index (χ1n) is 5.24. The van der Waals surface area contributed by atoms with Crippen LogP contribution in [-0.2, 0) is 16.6 Å². The number of nitrogens with zero attached hydrogens (tertiary/aromatic N) is 3. The molecule has 1 aliphatic rings. The van der Waals surface area contributed by atoms with Crippen molar-refractivity contribution in [1.29, 1.82) is 0 Å². The SMILES string of the molecule is Cn1cc(C(N)C(=O)N2CC(C(=O)O)C2)cn1. The molecule has 3 N–H and O–H groups in total. The molecular formula is C10H14N4O3. The van der Waals surface area contributed by atoms with Gasteiger partial charge in [-0.1, -0.05) is 0 Å². The van der Waals surface area contributed by atoms with E-state index in [1.165, 1.54) is 11.1 Å². The number of carboxylic acids is 1. The summed E-state index contributed by atoms with van der Waals surface area (Å²) in [6, 6.07) is -0.765. The van der Waals surface area contributed by atoms with E-state index in [1.54, 1.807) is 17.9 Å². The molecule has 92 valence electrons. The van der Waals surface area contributed by atoms with Gasteiger partial charge in [-0.05, 0) is 0 Å². The van der Waals surface area contributed by atoms with E-state index in [9.17, 15) is 9.59 Å². The van der Waals surface area contributed by atoms with Crippen LogP contribution < -0.4 is 5.73 Å². The lowest BCUT2D eigenvalue weighted by Crippen LogP contribution is -2.55. The highest BCUT2D eigenvalue weighted by atomic mass is 16.4. The van der Waals surface area contributed by atoms with Crippen LogP contribution in [-0.4, -0.2) is 44.8 Å². The van der Waals surface area contributed by atoms with Crippen molar-refractivity contribution in [2.24, 2.45) is 18.7 Å². The van der Waals surface area contributed by atoms with Crippen LogP contribution in [0.5, 0.6) is 0 Å². The topological polar surface area (TPSA) is 101 Å². The molecule has 1 aromatic rings. The molecule has 0 aromatic carbocycles. The first-order chi connectivity index (χ1) is 7.99. The van der Waals surface area contributed by atoms with Gasteiger partial charge in [-0.2, -0.15) is 5.10 Å². The zero-order chi connectivity index (χ0) is 12.6. The molecule has 7 nitrogen and oxygen atoms in total. The van der Waals surface area contributed by atoms with Crippen molar-refractivity contribution in [3.8, 4) is 0 Å². The predicted molar refractivity (Wildman–Crippen MR) is 57.8 cm³/mol. The summed E-state index contributed by atoms with van der Waals surface area (Å²) in [7, 11) is 1.74. The number of amides is 1. The van der Waals surface area contributed by atoms with Crippen LogP contribution >= 0.6 is 0 Å². The number of likely N-dealkylation sites (tertiary alicyclic amines) is 1. The van der Waals surface area contributed by atoms with Gasteiger partial charge in [0.15, 0.2) is 0 Å². The lowest BCUT2D eigenvalue weighted by Gasteiger charge is -2.37. The Labute approximate surface area is 97.8 Å². The molecule has 1 amide bonds. The van der Waals surface area contributed by atoms with Gasteiger partial charge in [0, 0.05) is 31.9 Å². The summed E-state index contributed by atoms with van der Waals surface area (Å²) in [5, 5.41) is 12.6. The largest absolute Gasteiger partial charge is 0.481 e. The first-order valence-corrected chi connectivity index (χ1v) is 5.24. The van der Waals surface area contributed by atoms with Crippen LogP contribution in [0.2, 0.25) is 0 Å². The minimum Gasteiger partial charge on any atom is -0.481 e. The molecule has 1 unspecified atom stereocenters. The second kappa shape index (κ2) is 4.17. The Balaban J connectivity index is 1.96. The van der Waals surface area contributed by atoms with E-state index in [0.29, 0.717) is 5.56 Å². The van der Waals surface area contributed by atoms with Crippen molar-refractivity contribution in [1.82, 2.24) is 14.7 Å². The Kier molecular flexibility index (Phi) is 2.84. The van der Waals surface area contributed by atoms with Crippen LogP contribution in [0, 0.1) is 5.92 Å². The summed E-state index contributed by atoms with van der Waals surface area (Å²) in [5.41, 5.74) is 6.43. The molecule has 1 fully saturated rings. The van der Waals surface area contributed by atoms with Crippen LogP contribution in [0.3, 0.4) is 0 Å². The van der Waals surface area contributed by atoms with Gasteiger partial charge in [0.25, 0.3) is 0 Å². The summed E-state index contributed by atoms with van der Waals surface area (Å²) < 4.78 is 1.57. The van der Waals surface area contributed by atoms with Crippen molar-refractivity contribution >= 4 is 11.9 Å². The van der Waals surface area contributed by atoms with Gasteiger partial charge < -0.3 is 15.7 Å². The van der Waals surface area contributed by atoms with E-state index in [2.05, 4.69) is 5.10 Å². The number of nitrogens with two attached hydrogens (primary N) is 1. The standard InChI is InChI=1S/C10H14N4O3/c1-13-3-6(2-12-13)8(11)9(15)14-4-7(5-14)10(16)17/h2-3,7-8H,4-5,11H2,1H3,(H,16,17). The third kappa shape index (κ3) is 2.14. The Morgan fingerprint density at radius 3 is 2.71 bits per heavy atom. The number of rotatable bonds is 3. The number of hydrogen-bond donors (Lipinski definition) is 2. The maximum absolute atomic E-state index is 11.9. The summed E-state index contributed by atoms with van der Waals surface area (Å²) >= 11 is 0. The fraction of sp³-hybridized carbons (Fsp3) is 0.500. The number of aliphatic carboxylic acids is 1. The number of hydrogen-bond acceptors (Lipinski definition) is 4. The molecular weight excluding hydrogens is 224 g/mol. The minimum atomic E-state index is -0.871. The molecule has 2 heterocycles. The average molecular weight is 238 g/mol. The van der Waals surface area contributed by atoms with Crippen molar-refractivity contribution in [3.05, 3.63) is 18.0 Å². The molecule has 0 radical (unpaired) electrons. The molecule has 0 bridgehead atoms. The Morgan fingerprint density at radius 1 is 1.59 bits per heavy atom. The van der Waals surface area contributed by atoms with Gasteiger partial charge in [-0.3, -0.25) is 14.3 Å². The summed E-state index contributed by atoms with van der Waals surface area (Å²) in [4.78, 5) is 23.9. The number of carbonyl (C=O) groups excluding carboxylic acids is 1. The van der Waals surface area contributed by atoms with Crippen LogP contribution in [0.25, 0.3) is 0 Å². The molecule has 1 aromatic heterocycles. The second-order valence-corrected chi connectivity index (χ2v) is 4.20. The summed E-state index contributed by atoms with van der Waals surface area (Å²) in [5.74, 6) is -1.58. The number of aromatic nitrogens is 2. The Bertz CT molecular complexity index is 450. The monoisotopic (exact) mass is 238 g/mol. The normalized spacial score (nSPS) is 17.6. The van der Waals surface area contributed by atoms with E-state index >= 15 is 0 Å². The first kappa shape index (κ1) is 11.6. The average Bonchev–Trinajstić information content (AvgIpc) is 2.60. The zero-order valence-corrected chi connectivity index (χ0v) is 9.41. The van der Waals surface area contributed by atoms with Crippen molar-refractivity contribution in [2.45, 2.75) is 6.04 Å². The molecule has 17 heavy (non-hydrogen) atoms. The molecule has 0 saturated carbocycles. The zero-order valence-electron chi connectivity index (χ0n) is 9.41. The van der Waals surface area contributed by atoms with Crippen LogP contribution in [0.1, 0.15) is 11.6 Å². The van der Waals surface area contributed by atoms with E-state index in [0.717, 1.165) is 0 Å². The van der Waals surface area contributed by atoms with E-state index in [4.69, 9.17) is 10.8 Å². The maximum atomic E-state index is 11.9. The maximum Gasteiger partial charge on any atom is 0.310 e. The highest BCUT2D eigenvalue weighted by Crippen LogP contribution is 2.20. The fourth-order valence-electron chi connectivity index (χ4n) is 1.75. The molecule has 1 aliphatic heterocycles. The van der Waals surface area contributed by atoms with Gasteiger partial charge in [0.1, 0.15) is 6.04 Å². The molecule has 7 heteroatoms. The van der Waals surface area contributed by atoms with Crippen molar-refractivity contribution < 1.29 is 14.7 Å². The van der Waals surface area contributed by atoms with Crippen LogP contribution in [0.15, 0.2) is 12.4 Å². The van der Waals surface area contributed by atoms with E-state index in [1.807, 2.05) is 0 Å². The highest BCUT2D eigenvalue weighted by Gasteiger charge is 2.37. The van der Waals surface area contributed by atoms with Crippen molar-refractivity contribution in [3.63, 3.8) is 0 Å². The van der Waals surface area contributed by atoms with E-state index in [-0.39, 0.29) is 19.0 Å². The van der Waals surface area contributed by atoms with Crippen LogP contribution in [0.4, 0.5) is 0 Å². The Hall–Kier alpha value is -1.89. The summed E-state index contributed by atoms with van der Waals surface area (Å²) in [6.07, 6.45) is 3.22. The number of carboxylic acid groups (broad SMARTS) is 1. The van der Waals surface area contributed by atoms with Gasteiger partial charge in [0.05, 0.1) is 12.1 Å². The lowest BCUT2D eigenvalue weighted by molar-refractivity contribution is -0.153. The highest BCUT2D eigenvalue weighted by molar-refractivity contribution is 5.85. The quantitative estimate of drug-likeness (QED) is 0.700. The molecule has 2 rings (SSSR count). The number of aryl methyl sites for hydroxylation is 1. The lowest BCUT2D eigenvalue weighted by atomic mass is 9.98. The van der Waals surface area contributed by atoms with Gasteiger partial charge in [0.2, 0.25) is 5.91 Å². The van der Waals surface area contributed by atoms with Gasteiger partial charge in [-0.15, -0.1) is 0 Å². The fourth-order valence-corrected chi connectivity index (χ4v) is 1.75. The molecule has 0 spiro atoms. The predicted octanol–water partition coefficient (Wildman–Crippen LogP) is -1.04. The second-order valence-electron chi connectivity index (χ2n) is 4.20. The Morgan fingerprint density at radius 2 is 2.24 bits per heavy atom. The number of carbonyl (C=O) groups is 2.